The van der Waals surface area contributed by atoms with E-state index in [0.717, 1.165) is 15.8 Å². The Balaban J connectivity index is 2.67. The van der Waals surface area contributed by atoms with Gasteiger partial charge >= 0.3 is 0 Å². The van der Waals surface area contributed by atoms with Crippen LogP contribution in [-0.2, 0) is 6.54 Å². The standard InChI is InChI=1S/C11H16BrNO2/c1-8(7-14)13-6-9-3-4-10(12)5-11(9)15-2/h3-5,8,13-14H,6-7H2,1-2H3. The van der Waals surface area contributed by atoms with Gasteiger partial charge in [-0.25, -0.2) is 0 Å². The predicted molar refractivity (Wildman–Crippen MR) is 64.1 cm³/mol. The van der Waals surface area contributed by atoms with E-state index >= 15 is 0 Å². The van der Waals surface area contributed by atoms with Crippen LogP contribution >= 0.6 is 15.9 Å². The summed E-state index contributed by atoms with van der Waals surface area (Å²) in [7, 11) is 1.65. The quantitative estimate of drug-likeness (QED) is 0.862. The van der Waals surface area contributed by atoms with Crippen LogP contribution in [0.1, 0.15) is 12.5 Å². The molecule has 2 N–H and O–H groups in total. The molecule has 1 atom stereocenters. The fourth-order valence-electron chi connectivity index (χ4n) is 1.21. The Morgan fingerprint density at radius 3 is 2.87 bits per heavy atom. The zero-order valence-corrected chi connectivity index (χ0v) is 10.5. The summed E-state index contributed by atoms with van der Waals surface area (Å²) in [6.45, 7) is 2.77. The molecule has 0 amide bonds. The molecule has 0 radical (unpaired) electrons. The molecule has 0 aliphatic rings. The number of nitrogens with one attached hydrogen (secondary N) is 1. The number of aliphatic hydroxyl groups excluding tert-OH is 1. The number of halogens is 1. The number of aliphatic hydroxyl groups is 1. The molecule has 0 saturated carbocycles. The van der Waals surface area contributed by atoms with E-state index in [1.54, 1.807) is 7.11 Å². The van der Waals surface area contributed by atoms with Gasteiger partial charge in [0, 0.05) is 22.6 Å². The molecule has 0 aliphatic carbocycles. The molecule has 1 rings (SSSR count). The lowest BCUT2D eigenvalue weighted by Crippen LogP contribution is -2.28. The van der Waals surface area contributed by atoms with Crippen molar-refractivity contribution in [3.8, 4) is 5.75 Å². The summed E-state index contributed by atoms with van der Waals surface area (Å²) in [4.78, 5) is 0. The van der Waals surface area contributed by atoms with Crippen LogP contribution in [0.4, 0.5) is 0 Å². The first-order valence-electron chi connectivity index (χ1n) is 4.84. The van der Waals surface area contributed by atoms with Crippen molar-refractivity contribution in [3.05, 3.63) is 28.2 Å². The van der Waals surface area contributed by atoms with E-state index in [1.165, 1.54) is 0 Å². The number of benzene rings is 1. The zero-order chi connectivity index (χ0) is 11.3. The van der Waals surface area contributed by atoms with Crippen molar-refractivity contribution in [2.45, 2.75) is 19.5 Å². The molecule has 84 valence electrons. The first-order valence-corrected chi connectivity index (χ1v) is 5.63. The second kappa shape index (κ2) is 6.10. The van der Waals surface area contributed by atoms with Crippen molar-refractivity contribution in [2.24, 2.45) is 0 Å². The highest BCUT2D eigenvalue weighted by Gasteiger charge is 2.05. The molecule has 0 bridgehead atoms. The van der Waals surface area contributed by atoms with Crippen molar-refractivity contribution < 1.29 is 9.84 Å². The monoisotopic (exact) mass is 273 g/mol. The van der Waals surface area contributed by atoms with E-state index in [1.807, 2.05) is 25.1 Å². The van der Waals surface area contributed by atoms with Crippen LogP contribution in [-0.4, -0.2) is 24.9 Å². The van der Waals surface area contributed by atoms with Crippen molar-refractivity contribution >= 4 is 15.9 Å². The van der Waals surface area contributed by atoms with E-state index in [4.69, 9.17) is 9.84 Å². The van der Waals surface area contributed by atoms with Gasteiger partial charge in [0.1, 0.15) is 5.75 Å². The van der Waals surface area contributed by atoms with Crippen LogP contribution < -0.4 is 10.1 Å². The summed E-state index contributed by atoms with van der Waals surface area (Å²) in [5.74, 6) is 0.849. The van der Waals surface area contributed by atoms with E-state index in [9.17, 15) is 0 Å². The molecule has 1 unspecified atom stereocenters. The minimum absolute atomic E-state index is 0.0957. The van der Waals surface area contributed by atoms with Gasteiger partial charge in [0.05, 0.1) is 13.7 Å². The highest BCUT2D eigenvalue weighted by Crippen LogP contribution is 2.23. The summed E-state index contributed by atoms with van der Waals surface area (Å²) in [5, 5.41) is 12.1. The molecule has 0 heterocycles. The molecule has 0 aliphatic heterocycles. The largest absolute Gasteiger partial charge is 0.496 e. The number of hydrogen-bond donors (Lipinski definition) is 2. The number of rotatable bonds is 5. The fourth-order valence-corrected chi connectivity index (χ4v) is 1.55. The SMILES string of the molecule is COc1cc(Br)ccc1CNC(C)CO. The van der Waals surface area contributed by atoms with Crippen LogP contribution in [0.3, 0.4) is 0 Å². The second-order valence-electron chi connectivity index (χ2n) is 3.42. The maximum atomic E-state index is 8.88. The summed E-state index contributed by atoms with van der Waals surface area (Å²) in [6, 6.07) is 6.00. The Bertz CT molecular complexity index is 317. The average Bonchev–Trinajstić information content (AvgIpc) is 2.26. The van der Waals surface area contributed by atoms with Crippen molar-refractivity contribution in [2.75, 3.05) is 13.7 Å². The molecule has 0 aromatic heterocycles. The van der Waals surface area contributed by atoms with E-state index in [2.05, 4.69) is 21.2 Å². The molecule has 0 saturated heterocycles. The van der Waals surface area contributed by atoms with Crippen LogP contribution in [0.25, 0.3) is 0 Å². The lowest BCUT2D eigenvalue weighted by atomic mass is 10.2. The lowest BCUT2D eigenvalue weighted by Gasteiger charge is -2.13. The van der Waals surface area contributed by atoms with Crippen molar-refractivity contribution in [1.82, 2.24) is 5.32 Å². The Morgan fingerprint density at radius 1 is 1.53 bits per heavy atom. The maximum absolute atomic E-state index is 8.88. The molecule has 15 heavy (non-hydrogen) atoms. The molecule has 0 spiro atoms. The lowest BCUT2D eigenvalue weighted by molar-refractivity contribution is 0.250. The van der Waals surface area contributed by atoms with Gasteiger partial charge in [0.2, 0.25) is 0 Å². The second-order valence-corrected chi connectivity index (χ2v) is 4.34. The van der Waals surface area contributed by atoms with Crippen LogP contribution in [0.5, 0.6) is 5.75 Å². The maximum Gasteiger partial charge on any atom is 0.124 e. The predicted octanol–water partition coefficient (Wildman–Crippen LogP) is 1.93. The molecular weight excluding hydrogens is 258 g/mol. The van der Waals surface area contributed by atoms with Gasteiger partial charge in [-0.15, -0.1) is 0 Å². The molecular formula is C11H16BrNO2. The summed E-state index contributed by atoms with van der Waals surface area (Å²) < 4.78 is 6.26. The van der Waals surface area contributed by atoms with E-state index in [-0.39, 0.29) is 12.6 Å². The molecule has 1 aromatic carbocycles. The van der Waals surface area contributed by atoms with Crippen molar-refractivity contribution in [3.63, 3.8) is 0 Å². The molecule has 4 heteroatoms. The topological polar surface area (TPSA) is 41.5 Å². The van der Waals surface area contributed by atoms with Crippen LogP contribution in [0, 0.1) is 0 Å². The third-order valence-electron chi connectivity index (χ3n) is 2.16. The van der Waals surface area contributed by atoms with E-state index < -0.39 is 0 Å². The highest BCUT2D eigenvalue weighted by atomic mass is 79.9. The highest BCUT2D eigenvalue weighted by molar-refractivity contribution is 9.10. The first-order chi connectivity index (χ1) is 7.17. The minimum Gasteiger partial charge on any atom is -0.496 e. The Hall–Kier alpha value is -0.580. The fraction of sp³-hybridized carbons (Fsp3) is 0.455. The summed E-state index contributed by atoms with van der Waals surface area (Å²) in [5.41, 5.74) is 1.08. The third kappa shape index (κ3) is 3.81. The van der Waals surface area contributed by atoms with Gasteiger partial charge in [-0.3, -0.25) is 0 Å². The average molecular weight is 274 g/mol. The number of ether oxygens (including phenoxy) is 1. The van der Waals surface area contributed by atoms with Crippen molar-refractivity contribution in [1.29, 1.82) is 0 Å². The Morgan fingerprint density at radius 2 is 2.27 bits per heavy atom. The Labute approximate surface area is 98.6 Å². The van der Waals surface area contributed by atoms with Gasteiger partial charge in [-0.1, -0.05) is 22.0 Å². The molecule has 1 aromatic rings. The van der Waals surface area contributed by atoms with Gasteiger partial charge in [0.15, 0.2) is 0 Å². The smallest absolute Gasteiger partial charge is 0.124 e. The third-order valence-corrected chi connectivity index (χ3v) is 2.66. The van der Waals surface area contributed by atoms with Crippen LogP contribution in [0.15, 0.2) is 22.7 Å². The molecule has 3 nitrogen and oxygen atoms in total. The van der Waals surface area contributed by atoms with Gasteiger partial charge in [-0.2, -0.15) is 0 Å². The van der Waals surface area contributed by atoms with Gasteiger partial charge in [0.25, 0.3) is 0 Å². The summed E-state index contributed by atoms with van der Waals surface area (Å²) in [6.07, 6.45) is 0. The van der Waals surface area contributed by atoms with E-state index in [0.29, 0.717) is 6.54 Å². The van der Waals surface area contributed by atoms with Gasteiger partial charge in [-0.05, 0) is 19.1 Å². The van der Waals surface area contributed by atoms with Crippen LogP contribution in [0.2, 0.25) is 0 Å². The minimum atomic E-state index is 0.0957. The van der Waals surface area contributed by atoms with Gasteiger partial charge < -0.3 is 15.2 Å². The zero-order valence-electron chi connectivity index (χ0n) is 8.96. The molecule has 0 fully saturated rings. The normalized spacial score (nSPS) is 12.5. The summed E-state index contributed by atoms with van der Waals surface area (Å²) >= 11 is 3.39. The first kappa shape index (κ1) is 12.5. The number of hydrogen-bond acceptors (Lipinski definition) is 3. The Kier molecular flexibility index (Phi) is 5.08. The number of methoxy groups -OCH3 is 1.